The summed E-state index contributed by atoms with van der Waals surface area (Å²) in [6, 6.07) is 7.26. The highest BCUT2D eigenvalue weighted by Gasteiger charge is 2.56. The second-order valence-electron chi connectivity index (χ2n) is 9.38. The van der Waals surface area contributed by atoms with E-state index in [9.17, 15) is 4.79 Å². The summed E-state index contributed by atoms with van der Waals surface area (Å²) in [6.07, 6.45) is 4.13. The zero-order chi connectivity index (χ0) is 25.3. The van der Waals surface area contributed by atoms with Gasteiger partial charge in [-0.1, -0.05) is 12.1 Å². The van der Waals surface area contributed by atoms with E-state index < -0.39 is 12.0 Å². The van der Waals surface area contributed by atoms with Crippen molar-refractivity contribution in [3.63, 3.8) is 0 Å². The minimum absolute atomic E-state index is 0.0292. The number of nitrogen functional groups attached to an aromatic ring is 2. The molecule has 5 rings (SSSR count). The van der Waals surface area contributed by atoms with Crippen molar-refractivity contribution < 1.29 is 19.0 Å². The predicted molar refractivity (Wildman–Crippen MR) is 138 cm³/mol. The van der Waals surface area contributed by atoms with Crippen LogP contribution in [-0.2, 0) is 19.0 Å². The Balaban J connectivity index is 1.13. The Hall–Kier alpha value is -2.93. The van der Waals surface area contributed by atoms with Crippen LogP contribution in [0.3, 0.4) is 0 Å². The third kappa shape index (κ3) is 5.12. The number of anilines is 3. The fourth-order valence-corrected chi connectivity index (χ4v) is 5.66. The van der Waals surface area contributed by atoms with Gasteiger partial charge in [0.2, 0.25) is 5.91 Å². The number of fused-ring (bicyclic) bond motifs is 2. The minimum Gasteiger partial charge on any atom is -0.397 e. The number of hydrogen-bond acceptors (Lipinski definition) is 10. The van der Waals surface area contributed by atoms with E-state index in [0.717, 1.165) is 24.3 Å². The average molecular weight is 514 g/mol. The van der Waals surface area contributed by atoms with Crippen LogP contribution in [-0.4, -0.2) is 61.0 Å². The monoisotopic (exact) mass is 513 g/mol. The number of rotatable bonds is 9. The molecular formula is C24H31N7O4S. The molecule has 0 bridgehead atoms. The van der Waals surface area contributed by atoms with Gasteiger partial charge >= 0.3 is 0 Å². The number of carbonyl (C=O) groups excluding carboxylic acids is 1. The second kappa shape index (κ2) is 10.2. The van der Waals surface area contributed by atoms with Gasteiger partial charge in [-0.05, 0) is 44.6 Å². The second-order valence-corrected chi connectivity index (χ2v) is 10.5. The van der Waals surface area contributed by atoms with Crippen molar-refractivity contribution in [2.45, 2.75) is 63.4 Å². The van der Waals surface area contributed by atoms with Crippen LogP contribution in [0.5, 0.6) is 0 Å². The topological polar surface area (TPSA) is 152 Å². The quantitative estimate of drug-likeness (QED) is 0.287. The molecule has 1 amide bonds. The number of nitrogens with two attached hydrogens (primary N) is 2. The van der Waals surface area contributed by atoms with E-state index in [-0.39, 0.29) is 24.2 Å². The average Bonchev–Trinajstić information content (AvgIpc) is 3.49. The van der Waals surface area contributed by atoms with Gasteiger partial charge in [-0.25, -0.2) is 15.0 Å². The number of para-hydroxylation sites is 2. The van der Waals surface area contributed by atoms with Crippen molar-refractivity contribution in [3.05, 3.63) is 36.9 Å². The van der Waals surface area contributed by atoms with Gasteiger partial charge in [-0.3, -0.25) is 9.36 Å². The van der Waals surface area contributed by atoms with E-state index in [1.54, 1.807) is 30.2 Å². The van der Waals surface area contributed by atoms with Gasteiger partial charge in [-0.2, -0.15) is 11.8 Å². The first-order chi connectivity index (χ1) is 17.3. The fourth-order valence-electron chi connectivity index (χ4n) is 4.59. The van der Waals surface area contributed by atoms with Crippen molar-refractivity contribution in [1.82, 2.24) is 19.5 Å². The normalized spacial score (nSPS) is 24.7. The summed E-state index contributed by atoms with van der Waals surface area (Å²) < 4.78 is 20.7. The zero-order valence-electron chi connectivity index (χ0n) is 20.3. The van der Waals surface area contributed by atoms with Gasteiger partial charge < -0.3 is 31.0 Å². The molecule has 4 heterocycles. The van der Waals surface area contributed by atoms with Crippen LogP contribution in [0.2, 0.25) is 0 Å². The highest BCUT2D eigenvalue weighted by atomic mass is 32.2. The Morgan fingerprint density at radius 3 is 2.78 bits per heavy atom. The largest absolute Gasteiger partial charge is 0.397 e. The summed E-state index contributed by atoms with van der Waals surface area (Å²) >= 11 is 1.78. The van der Waals surface area contributed by atoms with Gasteiger partial charge in [0.15, 0.2) is 23.5 Å². The highest BCUT2D eigenvalue weighted by molar-refractivity contribution is 7.99. The van der Waals surface area contributed by atoms with Crippen LogP contribution in [0.15, 0.2) is 36.9 Å². The van der Waals surface area contributed by atoms with Crippen molar-refractivity contribution in [2.75, 3.05) is 28.3 Å². The van der Waals surface area contributed by atoms with E-state index >= 15 is 0 Å². The molecule has 2 aliphatic rings. The number of nitrogens with zero attached hydrogens (tertiary/aromatic N) is 4. The lowest BCUT2D eigenvalue weighted by atomic mass is 10.1. The molecule has 0 spiro atoms. The first kappa shape index (κ1) is 24.8. The number of amides is 1. The van der Waals surface area contributed by atoms with Crippen LogP contribution in [0.4, 0.5) is 17.2 Å². The molecule has 36 heavy (non-hydrogen) atoms. The number of ether oxygens (including phenoxy) is 3. The van der Waals surface area contributed by atoms with Crippen LogP contribution in [0.25, 0.3) is 11.2 Å². The molecule has 4 atom stereocenters. The van der Waals surface area contributed by atoms with Gasteiger partial charge in [0.1, 0.15) is 24.1 Å². The summed E-state index contributed by atoms with van der Waals surface area (Å²) in [7, 11) is 0. The molecule has 192 valence electrons. The van der Waals surface area contributed by atoms with E-state index in [0.29, 0.717) is 34.8 Å². The van der Waals surface area contributed by atoms with Crippen molar-refractivity contribution in [2.24, 2.45) is 0 Å². The summed E-state index contributed by atoms with van der Waals surface area (Å²) in [6.45, 7) is 3.82. The van der Waals surface area contributed by atoms with E-state index in [1.165, 1.54) is 6.33 Å². The molecule has 2 aliphatic heterocycles. The molecular weight excluding hydrogens is 482 g/mol. The molecule has 0 aliphatic carbocycles. The molecule has 0 radical (unpaired) electrons. The lowest BCUT2D eigenvalue weighted by Crippen LogP contribution is -2.31. The van der Waals surface area contributed by atoms with E-state index in [1.807, 2.05) is 30.5 Å². The van der Waals surface area contributed by atoms with Gasteiger partial charge in [-0.15, -0.1) is 0 Å². The van der Waals surface area contributed by atoms with Crippen molar-refractivity contribution in [3.8, 4) is 0 Å². The Labute approximate surface area is 213 Å². The molecule has 3 aromatic rings. The Kier molecular flexibility index (Phi) is 7.02. The standard InChI is InChI=1S/C24H31N7O4S/c1-24(2)34-19-16(11-36-10-6-5-9-17(32)30-15-8-4-3-7-14(15)25)33-23(20(19)35-24)31-13-29-18-21(26)27-12-28-22(18)31/h3-4,7-8,12-13,16,19-20,23H,5-6,9-11,25H2,1-2H3,(H,30,32)(H2,26,27,28). The maximum absolute atomic E-state index is 12.2. The molecule has 12 heteroatoms. The number of carbonyl (C=O) groups is 1. The SMILES string of the molecule is CC1(C)OC2C(CSCCCCC(=O)Nc3ccccc3N)OC(n3cnc4c(N)ncnc43)C2O1. The zero-order valence-corrected chi connectivity index (χ0v) is 21.1. The van der Waals surface area contributed by atoms with Crippen LogP contribution < -0.4 is 16.8 Å². The van der Waals surface area contributed by atoms with E-state index in [4.69, 9.17) is 25.7 Å². The number of benzene rings is 1. The number of hydrogen-bond donors (Lipinski definition) is 3. The van der Waals surface area contributed by atoms with Crippen molar-refractivity contribution in [1.29, 1.82) is 0 Å². The van der Waals surface area contributed by atoms with Crippen LogP contribution in [0.1, 0.15) is 39.3 Å². The first-order valence-corrected chi connectivity index (χ1v) is 13.1. The molecule has 11 nitrogen and oxygen atoms in total. The lowest BCUT2D eigenvalue weighted by molar-refractivity contribution is -0.193. The number of nitrogens with one attached hydrogen (secondary N) is 1. The van der Waals surface area contributed by atoms with Gasteiger partial charge in [0, 0.05) is 12.2 Å². The van der Waals surface area contributed by atoms with Crippen molar-refractivity contribution >= 4 is 46.0 Å². The number of unbranched alkanes of at least 4 members (excludes halogenated alkanes) is 1. The molecule has 2 fully saturated rings. The maximum Gasteiger partial charge on any atom is 0.224 e. The third-order valence-electron chi connectivity index (χ3n) is 6.25. The van der Waals surface area contributed by atoms with E-state index in [2.05, 4.69) is 20.3 Å². The molecule has 4 unspecified atom stereocenters. The predicted octanol–water partition coefficient (Wildman–Crippen LogP) is 2.95. The smallest absolute Gasteiger partial charge is 0.224 e. The fraction of sp³-hybridized carbons (Fsp3) is 0.500. The highest BCUT2D eigenvalue weighted by Crippen LogP contribution is 2.44. The Morgan fingerprint density at radius 2 is 1.94 bits per heavy atom. The van der Waals surface area contributed by atoms with Crippen LogP contribution >= 0.6 is 11.8 Å². The summed E-state index contributed by atoms with van der Waals surface area (Å²) in [5, 5.41) is 2.87. The molecule has 1 aromatic carbocycles. The summed E-state index contributed by atoms with van der Waals surface area (Å²) in [4.78, 5) is 24.9. The molecule has 2 aromatic heterocycles. The Morgan fingerprint density at radius 1 is 1.14 bits per heavy atom. The van der Waals surface area contributed by atoms with Gasteiger partial charge in [0.05, 0.1) is 23.8 Å². The molecule has 0 saturated carbocycles. The molecule has 5 N–H and O–H groups in total. The number of imidazole rings is 1. The lowest BCUT2D eigenvalue weighted by Gasteiger charge is -2.24. The maximum atomic E-state index is 12.2. The minimum atomic E-state index is -0.708. The van der Waals surface area contributed by atoms with Crippen LogP contribution in [0, 0.1) is 0 Å². The number of thioether (sulfide) groups is 1. The third-order valence-corrected chi connectivity index (χ3v) is 7.39. The Bertz CT molecular complexity index is 1240. The summed E-state index contributed by atoms with van der Waals surface area (Å²) in [5.74, 6) is 1.24. The first-order valence-electron chi connectivity index (χ1n) is 12.0. The van der Waals surface area contributed by atoms with Gasteiger partial charge in [0.25, 0.3) is 0 Å². The molecule has 2 saturated heterocycles. The number of aromatic nitrogens is 4. The summed E-state index contributed by atoms with van der Waals surface area (Å²) in [5.41, 5.74) is 14.2.